The number of nitrogens with zero attached hydrogens (tertiary/aromatic N) is 1. The van der Waals surface area contributed by atoms with Gasteiger partial charge in [-0.25, -0.2) is 0 Å². The Labute approximate surface area is 121 Å². The highest BCUT2D eigenvalue weighted by Crippen LogP contribution is 2.13. The van der Waals surface area contributed by atoms with Gasteiger partial charge in [-0.15, -0.1) is 0 Å². The minimum absolute atomic E-state index is 0.0123. The summed E-state index contributed by atoms with van der Waals surface area (Å²) < 4.78 is 4.75. The average Bonchev–Trinajstić information content (AvgIpc) is 2.45. The molecule has 110 valence electrons. The van der Waals surface area contributed by atoms with Gasteiger partial charge in [0, 0.05) is 13.5 Å². The summed E-state index contributed by atoms with van der Waals surface area (Å²) in [5.74, 6) is -1.37. The summed E-state index contributed by atoms with van der Waals surface area (Å²) in [6.45, 7) is 1.05. The van der Waals surface area contributed by atoms with Crippen molar-refractivity contribution in [3.05, 3.63) is 29.8 Å². The van der Waals surface area contributed by atoms with E-state index < -0.39 is 18.5 Å². The number of carbonyl (C=O) groups is 3. The number of carbonyl (C=O) groups excluding carboxylic acids is 3. The SMILES string of the molecule is CC(=O)NCCC(=O)OCC(=O)Nc1ccccc1C#N. The van der Waals surface area contributed by atoms with Crippen molar-refractivity contribution in [2.45, 2.75) is 13.3 Å². The van der Waals surface area contributed by atoms with Crippen LogP contribution in [-0.2, 0) is 19.1 Å². The van der Waals surface area contributed by atoms with Crippen molar-refractivity contribution in [2.24, 2.45) is 0 Å². The Hall–Kier alpha value is -2.88. The lowest BCUT2D eigenvalue weighted by Gasteiger charge is -2.07. The van der Waals surface area contributed by atoms with Gasteiger partial charge >= 0.3 is 5.97 Å². The molecule has 0 atom stereocenters. The highest BCUT2D eigenvalue weighted by Gasteiger charge is 2.09. The smallest absolute Gasteiger partial charge is 0.308 e. The summed E-state index contributed by atoms with van der Waals surface area (Å²) in [4.78, 5) is 33.5. The van der Waals surface area contributed by atoms with Crippen LogP contribution in [0, 0.1) is 11.3 Å². The lowest BCUT2D eigenvalue weighted by molar-refractivity contribution is -0.147. The molecule has 0 aliphatic rings. The number of para-hydroxylation sites is 1. The quantitative estimate of drug-likeness (QED) is 0.744. The highest BCUT2D eigenvalue weighted by molar-refractivity contribution is 5.94. The Morgan fingerprint density at radius 3 is 2.67 bits per heavy atom. The van der Waals surface area contributed by atoms with Crippen molar-refractivity contribution in [2.75, 3.05) is 18.5 Å². The number of ether oxygens (including phenoxy) is 1. The van der Waals surface area contributed by atoms with Gasteiger partial charge in [-0.05, 0) is 12.1 Å². The molecule has 0 radical (unpaired) electrons. The van der Waals surface area contributed by atoms with Gasteiger partial charge in [-0.3, -0.25) is 14.4 Å². The van der Waals surface area contributed by atoms with E-state index in [2.05, 4.69) is 10.6 Å². The number of anilines is 1. The highest BCUT2D eigenvalue weighted by atomic mass is 16.5. The number of amides is 2. The van der Waals surface area contributed by atoms with Crippen molar-refractivity contribution in [3.8, 4) is 6.07 Å². The third-order valence-electron chi connectivity index (χ3n) is 2.39. The van der Waals surface area contributed by atoms with Crippen molar-refractivity contribution in [1.29, 1.82) is 5.26 Å². The molecular weight excluding hydrogens is 274 g/mol. The lowest BCUT2D eigenvalue weighted by Crippen LogP contribution is -2.26. The molecule has 0 aromatic heterocycles. The number of nitrogens with one attached hydrogen (secondary N) is 2. The topological polar surface area (TPSA) is 108 Å². The molecule has 0 bridgehead atoms. The van der Waals surface area contributed by atoms with Crippen LogP contribution in [0.15, 0.2) is 24.3 Å². The van der Waals surface area contributed by atoms with E-state index in [9.17, 15) is 14.4 Å². The number of nitriles is 1. The Balaban J connectivity index is 2.36. The molecule has 2 amide bonds. The molecular formula is C14H15N3O4. The summed E-state index contributed by atoms with van der Waals surface area (Å²) in [6.07, 6.45) is -0.0123. The minimum Gasteiger partial charge on any atom is -0.456 e. The van der Waals surface area contributed by atoms with E-state index >= 15 is 0 Å². The van der Waals surface area contributed by atoms with E-state index in [0.717, 1.165) is 0 Å². The first-order valence-corrected chi connectivity index (χ1v) is 6.22. The van der Waals surface area contributed by atoms with Gasteiger partial charge in [0.15, 0.2) is 6.61 Å². The van der Waals surface area contributed by atoms with E-state index in [1.54, 1.807) is 24.3 Å². The molecule has 21 heavy (non-hydrogen) atoms. The van der Waals surface area contributed by atoms with E-state index in [1.165, 1.54) is 6.92 Å². The fraction of sp³-hybridized carbons (Fsp3) is 0.286. The predicted molar refractivity (Wildman–Crippen MR) is 74.0 cm³/mol. The van der Waals surface area contributed by atoms with Crippen molar-refractivity contribution >= 4 is 23.5 Å². The zero-order valence-electron chi connectivity index (χ0n) is 11.5. The van der Waals surface area contributed by atoms with Crippen LogP contribution in [0.5, 0.6) is 0 Å². The first-order valence-electron chi connectivity index (χ1n) is 6.22. The predicted octanol–water partition coefficient (Wildman–Crippen LogP) is 0.566. The number of esters is 1. The zero-order chi connectivity index (χ0) is 15.7. The van der Waals surface area contributed by atoms with Gasteiger partial charge in [0.05, 0.1) is 17.7 Å². The van der Waals surface area contributed by atoms with Crippen molar-refractivity contribution in [3.63, 3.8) is 0 Å². The van der Waals surface area contributed by atoms with Gasteiger partial charge in [0.1, 0.15) is 6.07 Å². The zero-order valence-corrected chi connectivity index (χ0v) is 11.5. The third kappa shape index (κ3) is 6.20. The second kappa shape index (κ2) is 8.32. The Morgan fingerprint density at radius 1 is 1.29 bits per heavy atom. The minimum atomic E-state index is -0.590. The van der Waals surface area contributed by atoms with E-state index in [4.69, 9.17) is 10.00 Å². The molecule has 0 heterocycles. The van der Waals surface area contributed by atoms with Gasteiger partial charge in [0.25, 0.3) is 5.91 Å². The lowest BCUT2D eigenvalue weighted by atomic mass is 10.2. The summed E-state index contributed by atoms with van der Waals surface area (Å²) in [7, 11) is 0. The fourth-order valence-corrected chi connectivity index (χ4v) is 1.43. The molecule has 1 aromatic carbocycles. The second-order valence-corrected chi connectivity index (χ2v) is 4.10. The maximum absolute atomic E-state index is 11.6. The second-order valence-electron chi connectivity index (χ2n) is 4.10. The van der Waals surface area contributed by atoms with Gasteiger partial charge in [0.2, 0.25) is 5.91 Å². The Bertz CT molecular complexity index is 578. The number of rotatable bonds is 6. The number of hydrogen-bond acceptors (Lipinski definition) is 5. The average molecular weight is 289 g/mol. The van der Waals surface area contributed by atoms with E-state index in [-0.39, 0.29) is 18.9 Å². The van der Waals surface area contributed by atoms with E-state index in [1.807, 2.05) is 6.07 Å². The molecule has 0 saturated heterocycles. The first kappa shape index (κ1) is 16.2. The summed E-state index contributed by atoms with van der Waals surface area (Å²) in [5, 5.41) is 13.8. The van der Waals surface area contributed by atoms with Crippen LogP contribution in [0.3, 0.4) is 0 Å². The van der Waals surface area contributed by atoms with Crippen LogP contribution in [0.2, 0.25) is 0 Å². The molecule has 0 saturated carbocycles. The molecule has 0 unspecified atom stereocenters. The molecule has 0 aliphatic heterocycles. The Kier molecular flexibility index (Phi) is 6.41. The standard InChI is InChI=1S/C14H15N3O4/c1-10(18)16-7-6-14(20)21-9-13(19)17-12-5-3-2-4-11(12)8-15/h2-5H,6-7,9H2,1H3,(H,16,18)(H,17,19). The Morgan fingerprint density at radius 2 is 2.00 bits per heavy atom. The van der Waals surface area contributed by atoms with Crippen molar-refractivity contribution < 1.29 is 19.1 Å². The molecule has 7 nitrogen and oxygen atoms in total. The number of hydrogen-bond donors (Lipinski definition) is 2. The van der Waals surface area contributed by atoms with Gasteiger partial charge in [-0.2, -0.15) is 5.26 Å². The maximum Gasteiger partial charge on any atom is 0.308 e. The third-order valence-corrected chi connectivity index (χ3v) is 2.39. The van der Waals surface area contributed by atoms with Crippen LogP contribution in [0.25, 0.3) is 0 Å². The summed E-state index contributed by atoms with van der Waals surface area (Å²) >= 11 is 0. The van der Waals surface area contributed by atoms with Crippen LogP contribution in [-0.4, -0.2) is 30.9 Å². The normalized spacial score (nSPS) is 9.33. The molecule has 7 heteroatoms. The summed E-state index contributed by atoms with van der Waals surface area (Å²) in [6, 6.07) is 8.44. The largest absolute Gasteiger partial charge is 0.456 e. The van der Waals surface area contributed by atoms with Crippen LogP contribution in [0.4, 0.5) is 5.69 Å². The van der Waals surface area contributed by atoms with Gasteiger partial charge < -0.3 is 15.4 Å². The van der Waals surface area contributed by atoms with Crippen LogP contribution in [0.1, 0.15) is 18.9 Å². The molecule has 1 rings (SSSR count). The maximum atomic E-state index is 11.6. The monoisotopic (exact) mass is 289 g/mol. The molecule has 1 aromatic rings. The van der Waals surface area contributed by atoms with Crippen LogP contribution < -0.4 is 10.6 Å². The van der Waals surface area contributed by atoms with Crippen molar-refractivity contribution in [1.82, 2.24) is 5.32 Å². The van der Waals surface area contributed by atoms with Gasteiger partial charge in [-0.1, -0.05) is 12.1 Å². The summed E-state index contributed by atoms with van der Waals surface area (Å²) in [5.41, 5.74) is 0.683. The molecule has 0 aliphatic carbocycles. The molecule has 2 N–H and O–H groups in total. The first-order chi connectivity index (χ1) is 10.0. The fourth-order valence-electron chi connectivity index (χ4n) is 1.43. The number of benzene rings is 1. The molecule has 0 fully saturated rings. The van der Waals surface area contributed by atoms with E-state index in [0.29, 0.717) is 11.3 Å². The van der Waals surface area contributed by atoms with Crippen LogP contribution >= 0.6 is 0 Å². The molecule has 0 spiro atoms.